The smallest absolute Gasteiger partial charge is 0.744 e. The average Bonchev–Trinajstić information content (AvgIpc) is 3.57. The maximum Gasteiger partial charge on any atom is 1.00 e. The maximum absolute atomic E-state index is 12.4. The van der Waals surface area contributed by atoms with E-state index in [2.05, 4.69) is 40.8 Å². The second kappa shape index (κ2) is 21.6. The number of phenols is 1. The fourth-order valence-corrected chi connectivity index (χ4v) is 9.36. The summed E-state index contributed by atoms with van der Waals surface area (Å²) >= 11 is 7.20. The zero-order chi connectivity index (χ0) is 42.6. The van der Waals surface area contributed by atoms with Crippen LogP contribution in [0.3, 0.4) is 0 Å². The van der Waals surface area contributed by atoms with Crippen molar-refractivity contribution in [2.24, 2.45) is 10.2 Å². The fourth-order valence-electron chi connectivity index (χ4n) is 5.74. The van der Waals surface area contributed by atoms with E-state index in [1.807, 2.05) is 0 Å². The number of carbonyl (C=O) groups excluding carboxylic acids is 1. The van der Waals surface area contributed by atoms with Crippen LogP contribution in [0.15, 0.2) is 104 Å². The molecule has 7 aromatic rings. The van der Waals surface area contributed by atoms with E-state index in [0.717, 1.165) is 23.5 Å². The van der Waals surface area contributed by atoms with E-state index in [4.69, 9.17) is 11.6 Å². The third-order valence-corrected chi connectivity index (χ3v) is 12.4. The molecule has 3 N–H and O–H groups in total. The van der Waals surface area contributed by atoms with Crippen molar-refractivity contribution in [1.82, 2.24) is 19.9 Å². The van der Waals surface area contributed by atoms with Crippen molar-refractivity contribution in [3.05, 3.63) is 95.3 Å². The molecule has 29 heteroatoms. The number of azo groups is 1. The van der Waals surface area contributed by atoms with Crippen LogP contribution in [-0.2, 0) is 30.4 Å². The van der Waals surface area contributed by atoms with E-state index in [1.165, 1.54) is 31.2 Å². The zero-order valence-electron chi connectivity index (χ0n) is 33.1. The second-order valence-corrected chi connectivity index (χ2v) is 17.5. The number of benzene rings is 5. The molecule has 0 saturated heterocycles. The number of thiazole rings is 1. The number of anilines is 4. The first-order chi connectivity index (χ1) is 27.7. The third-order valence-electron chi connectivity index (χ3n) is 8.26. The minimum Gasteiger partial charge on any atom is -0.744 e. The predicted molar refractivity (Wildman–Crippen MR) is 206 cm³/mol. The van der Waals surface area contributed by atoms with Crippen molar-refractivity contribution >= 4 is 115 Å². The molecule has 0 radical (unpaired) electrons. The Morgan fingerprint density at radius 2 is 1.40 bits per heavy atom. The Bertz CT molecular complexity index is 3300. The first-order valence-corrected chi connectivity index (χ1v) is 21.5. The molecule has 0 atom stereocenters. The second-order valence-electron chi connectivity index (χ2n) is 12.2. The van der Waals surface area contributed by atoms with Crippen LogP contribution in [0.4, 0.5) is 34.6 Å². The molecule has 0 aliphatic heterocycles. The van der Waals surface area contributed by atoms with Crippen LogP contribution in [0.1, 0.15) is 15.9 Å². The van der Waals surface area contributed by atoms with Crippen molar-refractivity contribution in [2.75, 3.05) is 10.6 Å². The summed E-state index contributed by atoms with van der Waals surface area (Å²) in [6.45, 7) is 1.51. The number of rotatable bonds is 11. The summed E-state index contributed by atoms with van der Waals surface area (Å²) in [5.74, 6) is -3.35. The number of aromatic hydroxyl groups is 1. The Labute approximate surface area is 454 Å². The van der Waals surface area contributed by atoms with Gasteiger partial charge in [-0.3, -0.25) is 0 Å². The summed E-state index contributed by atoms with van der Waals surface area (Å²) in [4.78, 5) is 25.7. The largest absolute Gasteiger partial charge is 1.00 e. The number of fused-ring (bicyclic) bond motifs is 2. The Hall–Kier alpha value is -2.25. The Morgan fingerprint density at radius 3 is 2.00 bits per heavy atom. The van der Waals surface area contributed by atoms with Crippen molar-refractivity contribution in [3.63, 3.8) is 0 Å². The van der Waals surface area contributed by atoms with Gasteiger partial charge >= 0.3 is 118 Å². The van der Waals surface area contributed by atoms with Gasteiger partial charge in [0.15, 0.2) is 5.75 Å². The number of carboxylic acids is 1. The summed E-state index contributed by atoms with van der Waals surface area (Å²) < 4.78 is 110. The fraction of sp³-hybridized carbons (Fsp3) is 0.0294. The molecule has 0 spiro atoms. The molecular weight excluding hydrogens is 968 g/mol. The van der Waals surface area contributed by atoms with Gasteiger partial charge in [-0.1, -0.05) is 24.3 Å². The predicted octanol–water partition coefficient (Wildman–Crippen LogP) is -7.04. The SMILES string of the molecule is Cc1ccc2nc(-c3ccc(Nc4nc(Cl)nc(Nc5cc(S(=O)(=O)[O-])cc6cc(S(=O)(=O)[O-])c(N=Nc7ccccc7C(=O)[O-])c(O)c56)n4)cc3)sc2c1S(=O)(=O)[O-].[Na+].[Na+].[Na+].[Na+]. The van der Waals surface area contributed by atoms with Crippen molar-refractivity contribution in [1.29, 1.82) is 0 Å². The number of nitrogens with zero attached hydrogens (tertiary/aromatic N) is 6. The Morgan fingerprint density at radius 1 is 0.762 bits per heavy atom. The molecule has 0 bridgehead atoms. The van der Waals surface area contributed by atoms with Gasteiger partial charge in [-0.15, -0.1) is 21.6 Å². The van der Waals surface area contributed by atoms with Gasteiger partial charge in [-0.05, 0) is 84.1 Å². The van der Waals surface area contributed by atoms with Gasteiger partial charge in [0, 0.05) is 22.2 Å². The van der Waals surface area contributed by atoms with Crippen LogP contribution in [-0.4, -0.2) is 69.9 Å². The molecule has 2 aromatic heterocycles. The van der Waals surface area contributed by atoms with Gasteiger partial charge in [0.1, 0.15) is 41.0 Å². The molecule has 0 unspecified atom stereocenters. The van der Waals surface area contributed by atoms with Gasteiger partial charge in [-0.2, -0.15) is 15.0 Å². The Balaban J connectivity index is 0.00000264. The molecule has 302 valence electrons. The molecule has 0 fully saturated rings. The minimum absolute atomic E-state index is 0. The number of halogens is 1. The van der Waals surface area contributed by atoms with Crippen molar-refractivity contribution in [2.45, 2.75) is 21.6 Å². The van der Waals surface area contributed by atoms with Gasteiger partial charge < -0.3 is 39.3 Å². The first-order valence-electron chi connectivity index (χ1n) is 16.1. The molecule has 0 aliphatic rings. The van der Waals surface area contributed by atoms with Crippen LogP contribution < -0.4 is 134 Å². The van der Waals surface area contributed by atoms with E-state index in [-0.39, 0.29) is 145 Å². The summed E-state index contributed by atoms with van der Waals surface area (Å²) in [5, 5.41) is 35.0. The molecular formula is C34H19ClN8Na4O12S4. The molecule has 7 rings (SSSR count). The number of carbonyl (C=O) groups is 1. The van der Waals surface area contributed by atoms with Crippen LogP contribution in [0.5, 0.6) is 5.75 Å². The van der Waals surface area contributed by atoms with E-state index in [9.17, 15) is 53.9 Å². The molecule has 0 amide bonds. The van der Waals surface area contributed by atoms with E-state index in [1.54, 1.807) is 30.3 Å². The van der Waals surface area contributed by atoms with E-state index < -0.39 is 90.8 Å². The third kappa shape index (κ3) is 12.4. The molecule has 2 heterocycles. The standard InChI is InChI=1S/C34H23ClN8O12S4.4Na/c1-15-6-11-22-28(29(15)59(53,54)55)56-30(37-22)16-7-9-18(10-8-16)36-33-39-32(35)40-34(41-33)38-23-14-19(57(47,48)49)12-17-13-24(58(50,51)52)26(27(44)25(17)23)43-42-21-5-3-2-4-20(21)31(45)46;;;;/h2-14,44H,1H3,(H,45,46)(H,47,48,49)(H,50,51,52)(H,53,54,55)(H2,36,38,39,40,41);;;;/q;4*+1/p-4. The number of aromatic nitrogens is 4. The topological polar surface area (TPSA) is 332 Å². The molecule has 20 nitrogen and oxygen atoms in total. The van der Waals surface area contributed by atoms with Crippen LogP contribution in [0.25, 0.3) is 31.6 Å². The van der Waals surface area contributed by atoms with Gasteiger partial charge in [0.05, 0.1) is 42.2 Å². The molecule has 5 aromatic carbocycles. The summed E-state index contributed by atoms with van der Waals surface area (Å²) in [7, 11) is -15.6. The zero-order valence-corrected chi connectivity index (χ0v) is 45.2. The van der Waals surface area contributed by atoms with Crippen LogP contribution in [0, 0.1) is 6.92 Å². The molecule has 0 saturated carbocycles. The normalized spacial score (nSPS) is 11.6. The van der Waals surface area contributed by atoms with E-state index >= 15 is 0 Å². The van der Waals surface area contributed by atoms with Gasteiger partial charge in [0.2, 0.25) is 17.2 Å². The quantitative estimate of drug-likeness (QED) is 0.0616. The first kappa shape index (κ1) is 55.1. The molecule has 63 heavy (non-hydrogen) atoms. The number of hydrogen-bond acceptors (Lipinski definition) is 21. The van der Waals surface area contributed by atoms with Crippen LogP contribution >= 0.6 is 22.9 Å². The number of nitrogens with one attached hydrogen (secondary N) is 2. The van der Waals surface area contributed by atoms with E-state index in [0.29, 0.717) is 33.9 Å². The van der Waals surface area contributed by atoms with Crippen molar-refractivity contribution in [3.8, 4) is 16.3 Å². The summed E-state index contributed by atoms with van der Waals surface area (Å²) in [6.07, 6.45) is 0. The number of aromatic carboxylic acids is 1. The van der Waals surface area contributed by atoms with Crippen LogP contribution in [0.2, 0.25) is 5.28 Å². The van der Waals surface area contributed by atoms with Crippen molar-refractivity contribution < 1.29 is 172 Å². The minimum atomic E-state index is -5.51. The summed E-state index contributed by atoms with van der Waals surface area (Å²) in [6, 6.07) is 16.6. The van der Waals surface area contributed by atoms with Gasteiger partial charge in [0.25, 0.3) is 0 Å². The average molecular weight is 987 g/mol. The Kier molecular flexibility index (Phi) is 18.9. The molecule has 0 aliphatic carbocycles. The maximum atomic E-state index is 12.4. The number of phenolic OH excluding ortho intramolecular Hbond substituents is 1. The van der Waals surface area contributed by atoms with Gasteiger partial charge in [-0.25, -0.2) is 30.2 Å². The number of carboxylic acid groups (broad SMARTS) is 1. The monoisotopic (exact) mass is 986 g/mol. The summed E-state index contributed by atoms with van der Waals surface area (Å²) in [5.41, 5.74) is -0.676. The number of hydrogen-bond donors (Lipinski definition) is 3. The number of aryl methyl sites for hydroxylation is 1.